The van der Waals surface area contributed by atoms with Crippen molar-refractivity contribution in [3.63, 3.8) is 0 Å². The standard InChI is InChI=1S/C16H24N8/c1-22-15(20-21-16(22)12-8-13(17)9-12)11-23-4-6-24(7-5-23)14-10-18-2-3-19-14/h2-3,10,12-13H,4-9,11,17H2,1H3. The van der Waals surface area contributed by atoms with E-state index < -0.39 is 0 Å². The molecule has 0 aromatic carbocycles. The zero-order valence-corrected chi connectivity index (χ0v) is 14.0. The second kappa shape index (κ2) is 6.45. The summed E-state index contributed by atoms with van der Waals surface area (Å²) >= 11 is 0. The third-order valence-electron chi connectivity index (χ3n) is 5.15. The van der Waals surface area contributed by atoms with Crippen LogP contribution in [-0.4, -0.2) is 61.9 Å². The number of nitrogens with two attached hydrogens (primary N) is 1. The minimum absolute atomic E-state index is 0.337. The number of anilines is 1. The molecule has 1 saturated heterocycles. The van der Waals surface area contributed by atoms with Gasteiger partial charge in [-0.1, -0.05) is 0 Å². The molecule has 128 valence electrons. The Labute approximate surface area is 141 Å². The van der Waals surface area contributed by atoms with Crippen LogP contribution in [0.15, 0.2) is 18.6 Å². The van der Waals surface area contributed by atoms with Crippen molar-refractivity contribution in [2.75, 3.05) is 31.1 Å². The van der Waals surface area contributed by atoms with E-state index in [1.54, 1.807) is 12.4 Å². The van der Waals surface area contributed by atoms with Crippen LogP contribution in [0.25, 0.3) is 0 Å². The van der Waals surface area contributed by atoms with Crippen LogP contribution in [-0.2, 0) is 13.6 Å². The molecule has 0 atom stereocenters. The van der Waals surface area contributed by atoms with Crippen LogP contribution in [0.4, 0.5) is 5.82 Å². The quantitative estimate of drug-likeness (QED) is 0.853. The molecule has 1 saturated carbocycles. The maximum atomic E-state index is 5.89. The molecule has 24 heavy (non-hydrogen) atoms. The Bertz CT molecular complexity index is 671. The van der Waals surface area contributed by atoms with E-state index in [0.717, 1.165) is 63.0 Å². The molecule has 2 fully saturated rings. The van der Waals surface area contributed by atoms with Gasteiger partial charge in [0.25, 0.3) is 0 Å². The van der Waals surface area contributed by atoms with Crippen molar-refractivity contribution in [2.24, 2.45) is 12.8 Å². The zero-order chi connectivity index (χ0) is 16.5. The van der Waals surface area contributed by atoms with Gasteiger partial charge in [-0.2, -0.15) is 0 Å². The SMILES string of the molecule is Cn1c(CN2CCN(c3cnccn3)CC2)nnc1C1CC(N)C1. The second-order valence-electron chi connectivity index (χ2n) is 6.79. The summed E-state index contributed by atoms with van der Waals surface area (Å²) in [6, 6.07) is 0.337. The van der Waals surface area contributed by atoms with Gasteiger partial charge in [0.1, 0.15) is 17.5 Å². The van der Waals surface area contributed by atoms with Crippen molar-refractivity contribution in [3.05, 3.63) is 30.2 Å². The maximum absolute atomic E-state index is 5.89. The summed E-state index contributed by atoms with van der Waals surface area (Å²) in [4.78, 5) is 13.2. The third-order valence-corrected chi connectivity index (χ3v) is 5.15. The van der Waals surface area contributed by atoms with Crippen LogP contribution in [0.2, 0.25) is 0 Å². The largest absolute Gasteiger partial charge is 0.353 e. The molecule has 2 aromatic heterocycles. The van der Waals surface area contributed by atoms with Gasteiger partial charge in [0, 0.05) is 57.6 Å². The normalized spacial score (nSPS) is 24.8. The van der Waals surface area contributed by atoms with Crippen molar-refractivity contribution in [2.45, 2.75) is 31.3 Å². The molecule has 0 bridgehead atoms. The van der Waals surface area contributed by atoms with E-state index in [2.05, 4.69) is 41.6 Å². The first-order chi connectivity index (χ1) is 11.7. The Morgan fingerprint density at radius 2 is 1.92 bits per heavy atom. The van der Waals surface area contributed by atoms with Gasteiger partial charge in [-0.05, 0) is 12.8 Å². The molecular formula is C16H24N8. The summed E-state index contributed by atoms with van der Waals surface area (Å²) < 4.78 is 2.16. The highest BCUT2D eigenvalue weighted by atomic mass is 15.3. The van der Waals surface area contributed by atoms with Gasteiger partial charge in [0.2, 0.25) is 0 Å². The van der Waals surface area contributed by atoms with Crippen LogP contribution >= 0.6 is 0 Å². The van der Waals surface area contributed by atoms with E-state index in [4.69, 9.17) is 5.73 Å². The first-order valence-corrected chi connectivity index (χ1v) is 8.58. The average molecular weight is 328 g/mol. The smallest absolute Gasteiger partial charge is 0.147 e. The van der Waals surface area contributed by atoms with Crippen molar-refractivity contribution >= 4 is 5.82 Å². The van der Waals surface area contributed by atoms with Gasteiger partial charge in [-0.3, -0.25) is 9.88 Å². The monoisotopic (exact) mass is 328 g/mol. The predicted molar refractivity (Wildman–Crippen MR) is 90.5 cm³/mol. The lowest BCUT2D eigenvalue weighted by molar-refractivity contribution is 0.240. The fourth-order valence-electron chi connectivity index (χ4n) is 3.53. The Morgan fingerprint density at radius 3 is 2.58 bits per heavy atom. The van der Waals surface area contributed by atoms with E-state index in [1.807, 2.05) is 6.20 Å². The molecule has 0 spiro atoms. The summed E-state index contributed by atoms with van der Waals surface area (Å²) in [5.74, 6) is 3.57. The highest BCUT2D eigenvalue weighted by Gasteiger charge is 2.31. The molecule has 2 aromatic rings. The van der Waals surface area contributed by atoms with E-state index in [1.165, 1.54) is 0 Å². The van der Waals surface area contributed by atoms with Gasteiger partial charge < -0.3 is 15.2 Å². The third kappa shape index (κ3) is 2.99. The maximum Gasteiger partial charge on any atom is 0.147 e. The molecule has 0 radical (unpaired) electrons. The number of rotatable bonds is 4. The van der Waals surface area contributed by atoms with Gasteiger partial charge in [-0.25, -0.2) is 4.98 Å². The number of nitrogens with zero attached hydrogens (tertiary/aromatic N) is 7. The summed E-state index contributed by atoms with van der Waals surface area (Å²) in [7, 11) is 2.07. The van der Waals surface area contributed by atoms with Gasteiger partial charge in [0.05, 0.1) is 12.7 Å². The lowest BCUT2D eigenvalue weighted by Crippen LogP contribution is -2.46. The van der Waals surface area contributed by atoms with Crippen LogP contribution < -0.4 is 10.6 Å². The lowest BCUT2D eigenvalue weighted by atomic mass is 9.80. The summed E-state index contributed by atoms with van der Waals surface area (Å²) in [6.45, 7) is 4.75. The lowest BCUT2D eigenvalue weighted by Gasteiger charge is -2.35. The summed E-state index contributed by atoms with van der Waals surface area (Å²) in [5, 5.41) is 8.81. The second-order valence-corrected chi connectivity index (χ2v) is 6.79. The fourth-order valence-corrected chi connectivity index (χ4v) is 3.53. The van der Waals surface area contributed by atoms with E-state index in [0.29, 0.717) is 12.0 Å². The summed E-state index contributed by atoms with van der Waals surface area (Å²) in [5.41, 5.74) is 5.89. The molecule has 3 heterocycles. The molecule has 1 aliphatic carbocycles. The first kappa shape index (κ1) is 15.5. The van der Waals surface area contributed by atoms with Gasteiger partial charge in [0.15, 0.2) is 0 Å². The Hall–Kier alpha value is -2.06. The first-order valence-electron chi connectivity index (χ1n) is 8.58. The van der Waals surface area contributed by atoms with Crippen molar-refractivity contribution in [1.29, 1.82) is 0 Å². The minimum atomic E-state index is 0.337. The minimum Gasteiger partial charge on any atom is -0.353 e. The molecule has 2 aliphatic rings. The Morgan fingerprint density at radius 1 is 1.12 bits per heavy atom. The fraction of sp³-hybridized carbons (Fsp3) is 0.625. The highest BCUT2D eigenvalue weighted by Crippen LogP contribution is 2.34. The number of hydrogen-bond acceptors (Lipinski definition) is 7. The molecule has 8 nitrogen and oxygen atoms in total. The van der Waals surface area contributed by atoms with Crippen molar-refractivity contribution in [1.82, 2.24) is 29.6 Å². The van der Waals surface area contributed by atoms with Gasteiger partial charge in [-0.15, -0.1) is 10.2 Å². The van der Waals surface area contributed by atoms with Crippen LogP contribution in [0.1, 0.15) is 30.4 Å². The van der Waals surface area contributed by atoms with Gasteiger partial charge >= 0.3 is 0 Å². The van der Waals surface area contributed by atoms with E-state index in [9.17, 15) is 0 Å². The number of hydrogen-bond donors (Lipinski definition) is 1. The van der Waals surface area contributed by atoms with Crippen molar-refractivity contribution in [3.8, 4) is 0 Å². The molecule has 0 amide bonds. The molecule has 1 aliphatic heterocycles. The number of aromatic nitrogens is 5. The Kier molecular flexibility index (Phi) is 4.15. The zero-order valence-electron chi connectivity index (χ0n) is 14.0. The molecule has 8 heteroatoms. The molecule has 2 N–H and O–H groups in total. The van der Waals surface area contributed by atoms with Crippen LogP contribution in [0.5, 0.6) is 0 Å². The topological polar surface area (TPSA) is 89.0 Å². The van der Waals surface area contributed by atoms with Crippen molar-refractivity contribution < 1.29 is 0 Å². The summed E-state index contributed by atoms with van der Waals surface area (Å²) in [6.07, 6.45) is 7.34. The molecular weight excluding hydrogens is 304 g/mol. The highest BCUT2D eigenvalue weighted by molar-refractivity contribution is 5.35. The van der Waals surface area contributed by atoms with E-state index >= 15 is 0 Å². The predicted octanol–water partition coefficient (Wildman–Crippen LogP) is 0.132. The average Bonchev–Trinajstić information content (AvgIpc) is 2.94. The van der Waals surface area contributed by atoms with Crippen LogP contribution in [0.3, 0.4) is 0 Å². The number of piperazine rings is 1. The molecule has 0 unspecified atom stereocenters. The Balaban J connectivity index is 1.34. The van der Waals surface area contributed by atoms with E-state index in [-0.39, 0.29) is 0 Å². The molecule has 4 rings (SSSR count). The van der Waals surface area contributed by atoms with Crippen LogP contribution in [0, 0.1) is 0 Å².